The predicted octanol–water partition coefficient (Wildman–Crippen LogP) is 4.28. The van der Waals surface area contributed by atoms with Crippen LogP contribution in [0.15, 0.2) is 27.8 Å². The standard InChI is InChI=1S/C8H5BrF3N3/c9-7-3-6(8(10,11)12)2-1-5(7)4-14-15-13/h1-3H,4H2. The maximum Gasteiger partial charge on any atom is 0.416 e. The van der Waals surface area contributed by atoms with E-state index in [1.807, 2.05) is 0 Å². The van der Waals surface area contributed by atoms with Gasteiger partial charge in [0.1, 0.15) is 0 Å². The lowest BCUT2D eigenvalue weighted by atomic mass is 10.1. The largest absolute Gasteiger partial charge is 0.416 e. The van der Waals surface area contributed by atoms with E-state index in [0.29, 0.717) is 5.56 Å². The average molecular weight is 280 g/mol. The minimum Gasteiger partial charge on any atom is -0.166 e. The van der Waals surface area contributed by atoms with Crippen molar-refractivity contribution < 1.29 is 13.2 Å². The molecule has 0 amide bonds. The summed E-state index contributed by atoms with van der Waals surface area (Å²) >= 11 is 2.99. The Morgan fingerprint density at radius 2 is 2.07 bits per heavy atom. The Labute approximate surface area is 91.7 Å². The van der Waals surface area contributed by atoms with Crippen molar-refractivity contribution in [1.82, 2.24) is 0 Å². The fourth-order valence-corrected chi connectivity index (χ4v) is 1.46. The van der Waals surface area contributed by atoms with E-state index in [9.17, 15) is 13.2 Å². The van der Waals surface area contributed by atoms with E-state index in [1.54, 1.807) is 0 Å². The molecule has 80 valence electrons. The zero-order chi connectivity index (χ0) is 11.5. The molecule has 0 N–H and O–H groups in total. The Balaban J connectivity index is 3.03. The predicted molar refractivity (Wildman–Crippen MR) is 52.0 cm³/mol. The first-order valence-corrected chi connectivity index (χ1v) is 4.61. The van der Waals surface area contributed by atoms with Crippen molar-refractivity contribution in [2.75, 3.05) is 0 Å². The maximum absolute atomic E-state index is 12.2. The molecule has 0 aliphatic carbocycles. The number of hydrogen-bond donors (Lipinski definition) is 0. The molecule has 1 rings (SSSR count). The van der Waals surface area contributed by atoms with Gasteiger partial charge in [0.15, 0.2) is 0 Å². The quantitative estimate of drug-likeness (QED) is 0.441. The summed E-state index contributed by atoms with van der Waals surface area (Å²) in [5.41, 5.74) is 7.84. The molecular weight excluding hydrogens is 275 g/mol. The van der Waals surface area contributed by atoms with E-state index < -0.39 is 11.7 Å². The Morgan fingerprint density at radius 3 is 2.53 bits per heavy atom. The van der Waals surface area contributed by atoms with Crippen LogP contribution in [0, 0.1) is 0 Å². The number of azide groups is 1. The second-order valence-corrected chi connectivity index (χ2v) is 3.55. The molecule has 0 aliphatic rings. The van der Waals surface area contributed by atoms with Crippen molar-refractivity contribution in [3.63, 3.8) is 0 Å². The number of halogens is 4. The molecule has 0 saturated heterocycles. The number of nitrogens with zero attached hydrogens (tertiary/aromatic N) is 3. The smallest absolute Gasteiger partial charge is 0.166 e. The molecule has 0 fully saturated rings. The van der Waals surface area contributed by atoms with Gasteiger partial charge in [0.2, 0.25) is 0 Å². The lowest BCUT2D eigenvalue weighted by Gasteiger charge is -2.08. The molecule has 0 saturated carbocycles. The number of rotatable bonds is 2. The first kappa shape index (κ1) is 11.9. The molecule has 0 radical (unpaired) electrons. The zero-order valence-electron chi connectivity index (χ0n) is 7.29. The van der Waals surface area contributed by atoms with Crippen molar-refractivity contribution in [1.29, 1.82) is 0 Å². The molecule has 1 aromatic carbocycles. The summed E-state index contributed by atoms with van der Waals surface area (Å²) in [6.45, 7) is 0.0230. The van der Waals surface area contributed by atoms with Gasteiger partial charge in [-0.05, 0) is 23.2 Å². The van der Waals surface area contributed by atoms with E-state index in [2.05, 4.69) is 26.0 Å². The topological polar surface area (TPSA) is 48.8 Å². The van der Waals surface area contributed by atoms with Crippen molar-refractivity contribution in [2.24, 2.45) is 5.11 Å². The second-order valence-electron chi connectivity index (χ2n) is 2.69. The van der Waals surface area contributed by atoms with Gasteiger partial charge in [-0.3, -0.25) is 0 Å². The van der Waals surface area contributed by atoms with Gasteiger partial charge in [0.05, 0.1) is 12.1 Å². The highest BCUT2D eigenvalue weighted by molar-refractivity contribution is 9.10. The third-order valence-electron chi connectivity index (χ3n) is 1.68. The van der Waals surface area contributed by atoms with Crippen molar-refractivity contribution in [3.05, 3.63) is 44.2 Å². The lowest BCUT2D eigenvalue weighted by Crippen LogP contribution is -2.05. The van der Waals surface area contributed by atoms with Crippen LogP contribution in [0.25, 0.3) is 10.4 Å². The summed E-state index contributed by atoms with van der Waals surface area (Å²) in [4.78, 5) is 2.53. The third-order valence-corrected chi connectivity index (χ3v) is 2.42. The van der Waals surface area contributed by atoms with Crippen molar-refractivity contribution in [2.45, 2.75) is 12.7 Å². The van der Waals surface area contributed by atoms with E-state index in [0.717, 1.165) is 12.1 Å². The van der Waals surface area contributed by atoms with Crippen LogP contribution in [0.3, 0.4) is 0 Å². The average Bonchev–Trinajstić information content (AvgIpc) is 2.14. The molecule has 0 aliphatic heterocycles. The highest BCUT2D eigenvalue weighted by Crippen LogP contribution is 2.32. The fraction of sp³-hybridized carbons (Fsp3) is 0.250. The Hall–Kier alpha value is -1.20. The highest BCUT2D eigenvalue weighted by Gasteiger charge is 2.30. The molecule has 0 aromatic heterocycles. The van der Waals surface area contributed by atoms with Gasteiger partial charge in [-0.2, -0.15) is 13.2 Å². The maximum atomic E-state index is 12.2. The first-order valence-electron chi connectivity index (χ1n) is 3.81. The monoisotopic (exact) mass is 279 g/mol. The van der Waals surface area contributed by atoms with Crippen molar-refractivity contribution in [3.8, 4) is 0 Å². The Morgan fingerprint density at radius 1 is 1.40 bits per heavy atom. The van der Waals surface area contributed by atoms with Crippen LogP contribution in [0.5, 0.6) is 0 Å². The van der Waals surface area contributed by atoms with E-state index in [-0.39, 0.29) is 11.0 Å². The summed E-state index contributed by atoms with van der Waals surface area (Å²) in [5, 5.41) is 3.26. The summed E-state index contributed by atoms with van der Waals surface area (Å²) < 4.78 is 37.0. The number of benzene rings is 1. The van der Waals surface area contributed by atoms with Gasteiger partial charge in [-0.25, -0.2) is 0 Å². The SMILES string of the molecule is [N-]=[N+]=NCc1ccc(C(F)(F)F)cc1Br. The molecule has 3 nitrogen and oxygen atoms in total. The third kappa shape index (κ3) is 3.14. The summed E-state index contributed by atoms with van der Waals surface area (Å²) in [6, 6.07) is 3.19. The zero-order valence-corrected chi connectivity index (χ0v) is 8.88. The molecule has 0 bridgehead atoms. The fourth-order valence-electron chi connectivity index (χ4n) is 0.960. The van der Waals surface area contributed by atoms with Gasteiger partial charge in [-0.1, -0.05) is 27.1 Å². The van der Waals surface area contributed by atoms with Crippen LogP contribution in [-0.2, 0) is 12.7 Å². The number of hydrogen-bond acceptors (Lipinski definition) is 1. The van der Waals surface area contributed by atoms with E-state index in [4.69, 9.17) is 5.53 Å². The first-order chi connectivity index (χ1) is 6.95. The molecule has 1 aromatic rings. The Kier molecular flexibility index (Phi) is 3.60. The lowest BCUT2D eigenvalue weighted by molar-refractivity contribution is -0.137. The molecular formula is C8H5BrF3N3. The van der Waals surface area contributed by atoms with E-state index in [1.165, 1.54) is 6.07 Å². The summed E-state index contributed by atoms with van der Waals surface area (Å²) in [5.74, 6) is 0. The van der Waals surface area contributed by atoms with Crippen LogP contribution >= 0.6 is 15.9 Å². The molecule has 7 heteroatoms. The van der Waals surface area contributed by atoms with E-state index >= 15 is 0 Å². The van der Waals surface area contributed by atoms with Crippen LogP contribution in [-0.4, -0.2) is 0 Å². The molecule has 0 unspecified atom stereocenters. The van der Waals surface area contributed by atoms with Crippen LogP contribution < -0.4 is 0 Å². The van der Waals surface area contributed by atoms with Crippen LogP contribution in [0.1, 0.15) is 11.1 Å². The Bertz CT molecular complexity index is 410. The summed E-state index contributed by atoms with van der Waals surface area (Å²) in [6.07, 6.45) is -4.36. The molecule has 0 atom stereocenters. The van der Waals surface area contributed by atoms with Crippen LogP contribution in [0.4, 0.5) is 13.2 Å². The van der Waals surface area contributed by atoms with Crippen LogP contribution in [0.2, 0.25) is 0 Å². The van der Waals surface area contributed by atoms with Gasteiger partial charge in [-0.15, -0.1) is 0 Å². The molecule has 15 heavy (non-hydrogen) atoms. The highest BCUT2D eigenvalue weighted by atomic mass is 79.9. The van der Waals surface area contributed by atoms with Gasteiger partial charge >= 0.3 is 6.18 Å². The molecule has 0 spiro atoms. The summed E-state index contributed by atoms with van der Waals surface area (Å²) in [7, 11) is 0. The minimum absolute atomic E-state index is 0.0230. The normalized spacial score (nSPS) is 10.9. The van der Waals surface area contributed by atoms with Gasteiger partial charge in [0, 0.05) is 9.38 Å². The number of alkyl halides is 3. The minimum atomic E-state index is -4.36. The van der Waals surface area contributed by atoms with Gasteiger partial charge in [0.25, 0.3) is 0 Å². The molecule has 0 heterocycles. The van der Waals surface area contributed by atoms with Crippen molar-refractivity contribution >= 4 is 15.9 Å². The second kappa shape index (κ2) is 4.55. The van der Waals surface area contributed by atoms with Gasteiger partial charge < -0.3 is 0 Å².